The summed E-state index contributed by atoms with van der Waals surface area (Å²) >= 11 is 0. The van der Waals surface area contributed by atoms with Crippen LogP contribution in [0.2, 0.25) is 0 Å². The van der Waals surface area contributed by atoms with Gasteiger partial charge in [0.15, 0.2) is 0 Å². The van der Waals surface area contributed by atoms with E-state index in [4.69, 9.17) is 5.73 Å². The SMILES string of the molecule is C=C(C=CC)C(N)CC. The number of hydrogen-bond acceptors (Lipinski definition) is 1. The van der Waals surface area contributed by atoms with Crippen molar-refractivity contribution in [1.29, 1.82) is 0 Å². The van der Waals surface area contributed by atoms with Crippen molar-refractivity contribution in [2.45, 2.75) is 26.3 Å². The number of hydrogen-bond donors (Lipinski definition) is 1. The van der Waals surface area contributed by atoms with Crippen LogP contribution in [-0.2, 0) is 0 Å². The van der Waals surface area contributed by atoms with Gasteiger partial charge in [-0.1, -0.05) is 25.7 Å². The standard InChI is InChI=1S/C8H15N/c1-4-6-7(3)8(9)5-2/h4,6,8H,3,5,9H2,1-2H3. The van der Waals surface area contributed by atoms with Crippen molar-refractivity contribution in [1.82, 2.24) is 0 Å². The Labute approximate surface area is 57.3 Å². The van der Waals surface area contributed by atoms with Gasteiger partial charge in [-0.2, -0.15) is 0 Å². The van der Waals surface area contributed by atoms with E-state index in [1.54, 1.807) is 0 Å². The summed E-state index contributed by atoms with van der Waals surface area (Å²) < 4.78 is 0. The molecule has 0 bridgehead atoms. The van der Waals surface area contributed by atoms with Crippen molar-refractivity contribution < 1.29 is 0 Å². The molecule has 0 saturated heterocycles. The van der Waals surface area contributed by atoms with Crippen molar-refractivity contribution in [3.8, 4) is 0 Å². The Morgan fingerprint density at radius 3 is 2.67 bits per heavy atom. The Morgan fingerprint density at radius 1 is 1.78 bits per heavy atom. The van der Waals surface area contributed by atoms with E-state index in [9.17, 15) is 0 Å². The van der Waals surface area contributed by atoms with Gasteiger partial charge in [-0.3, -0.25) is 0 Å². The molecule has 0 aromatic rings. The minimum Gasteiger partial charge on any atom is -0.324 e. The Balaban J connectivity index is 3.73. The molecule has 0 aliphatic carbocycles. The first-order valence-electron chi connectivity index (χ1n) is 3.29. The lowest BCUT2D eigenvalue weighted by molar-refractivity contribution is 0.757. The van der Waals surface area contributed by atoms with E-state index in [0.29, 0.717) is 0 Å². The van der Waals surface area contributed by atoms with Crippen molar-refractivity contribution >= 4 is 0 Å². The van der Waals surface area contributed by atoms with Crippen LogP contribution in [0.4, 0.5) is 0 Å². The van der Waals surface area contributed by atoms with Crippen LogP contribution in [0, 0.1) is 0 Å². The lowest BCUT2D eigenvalue weighted by Crippen LogP contribution is -2.19. The molecule has 0 spiro atoms. The molecule has 52 valence electrons. The Morgan fingerprint density at radius 2 is 2.33 bits per heavy atom. The van der Waals surface area contributed by atoms with Crippen LogP contribution >= 0.6 is 0 Å². The first-order valence-corrected chi connectivity index (χ1v) is 3.29. The molecule has 0 aliphatic rings. The maximum Gasteiger partial charge on any atom is 0.0286 e. The van der Waals surface area contributed by atoms with Gasteiger partial charge in [0.1, 0.15) is 0 Å². The van der Waals surface area contributed by atoms with Crippen LogP contribution in [0.3, 0.4) is 0 Å². The zero-order valence-corrected chi connectivity index (χ0v) is 6.22. The molecule has 0 aliphatic heterocycles. The van der Waals surface area contributed by atoms with E-state index in [1.165, 1.54) is 0 Å². The van der Waals surface area contributed by atoms with Gasteiger partial charge in [0.05, 0.1) is 0 Å². The summed E-state index contributed by atoms with van der Waals surface area (Å²) in [6, 6.07) is 0.140. The quantitative estimate of drug-likeness (QED) is 0.572. The fourth-order valence-electron chi connectivity index (χ4n) is 0.600. The molecule has 0 saturated carbocycles. The second-order valence-corrected chi connectivity index (χ2v) is 2.09. The minimum absolute atomic E-state index is 0.140. The molecule has 9 heavy (non-hydrogen) atoms. The fraction of sp³-hybridized carbons (Fsp3) is 0.500. The van der Waals surface area contributed by atoms with Crippen LogP contribution in [0.5, 0.6) is 0 Å². The average molecular weight is 125 g/mol. The summed E-state index contributed by atoms with van der Waals surface area (Å²) in [5, 5.41) is 0. The van der Waals surface area contributed by atoms with E-state index < -0.39 is 0 Å². The normalized spacial score (nSPS) is 14.1. The predicted octanol–water partition coefficient (Wildman–Crippen LogP) is 1.86. The number of allylic oxidation sites excluding steroid dienone is 1. The molecule has 0 radical (unpaired) electrons. The summed E-state index contributed by atoms with van der Waals surface area (Å²) in [4.78, 5) is 0. The van der Waals surface area contributed by atoms with Gasteiger partial charge in [-0.25, -0.2) is 0 Å². The fourth-order valence-corrected chi connectivity index (χ4v) is 0.600. The van der Waals surface area contributed by atoms with E-state index in [0.717, 1.165) is 12.0 Å². The zero-order chi connectivity index (χ0) is 7.28. The third-order valence-corrected chi connectivity index (χ3v) is 1.30. The van der Waals surface area contributed by atoms with Crippen LogP contribution in [0.15, 0.2) is 24.3 Å². The van der Waals surface area contributed by atoms with E-state index in [1.807, 2.05) is 19.1 Å². The molecule has 1 nitrogen and oxygen atoms in total. The Bertz CT molecular complexity index is 114. The van der Waals surface area contributed by atoms with Gasteiger partial charge in [-0.05, 0) is 18.9 Å². The highest BCUT2D eigenvalue weighted by molar-refractivity contribution is 5.19. The maximum atomic E-state index is 5.65. The summed E-state index contributed by atoms with van der Waals surface area (Å²) in [5.74, 6) is 0. The molecule has 1 unspecified atom stereocenters. The van der Waals surface area contributed by atoms with Crippen LogP contribution < -0.4 is 5.73 Å². The Hall–Kier alpha value is -0.560. The third kappa shape index (κ3) is 3.09. The molecule has 2 N–H and O–H groups in total. The number of rotatable bonds is 3. The highest BCUT2D eigenvalue weighted by Crippen LogP contribution is 2.01. The summed E-state index contributed by atoms with van der Waals surface area (Å²) in [6.45, 7) is 7.82. The van der Waals surface area contributed by atoms with Crippen molar-refractivity contribution in [3.63, 3.8) is 0 Å². The van der Waals surface area contributed by atoms with Crippen molar-refractivity contribution in [2.24, 2.45) is 5.73 Å². The molecular formula is C8H15N. The average Bonchev–Trinajstić information content (AvgIpc) is 1.87. The topological polar surface area (TPSA) is 26.0 Å². The van der Waals surface area contributed by atoms with Crippen molar-refractivity contribution in [3.05, 3.63) is 24.3 Å². The van der Waals surface area contributed by atoms with Gasteiger partial charge in [0.2, 0.25) is 0 Å². The van der Waals surface area contributed by atoms with Crippen molar-refractivity contribution in [2.75, 3.05) is 0 Å². The van der Waals surface area contributed by atoms with E-state index >= 15 is 0 Å². The molecule has 0 heterocycles. The largest absolute Gasteiger partial charge is 0.324 e. The summed E-state index contributed by atoms with van der Waals surface area (Å²) in [7, 11) is 0. The lowest BCUT2D eigenvalue weighted by Gasteiger charge is -2.06. The lowest BCUT2D eigenvalue weighted by atomic mass is 10.1. The molecule has 0 rings (SSSR count). The van der Waals surface area contributed by atoms with Crippen LogP contribution in [-0.4, -0.2) is 6.04 Å². The first kappa shape index (κ1) is 8.44. The Kier molecular flexibility index (Phi) is 4.06. The molecule has 0 aromatic heterocycles. The molecule has 1 atom stereocenters. The molecule has 0 fully saturated rings. The third-order valence-electron chi connectivity index (χ3n) is 1.30. The van der Waals surface area contributed by atoms with Gasteiger partial charge in [-0.15, -0.1) is 0 Å². The maximum absolute atomic E-state index is 5.65. The smallest absolute Gasteiger partial charge is 0.0286 e. The highest BCUT2D eigenvalue weighted by Gasteiger charge is 1.97. The van der Waals surface area contributed by atoms with Gasteiger partial charge >= 0.3 is 0 Å². The van der Waals surface area contributed by atoms with Gasteiger partial charge in [0.25, 0.3) is 0 Å². The zero-order valence-electron chi connectivity index (χ0n) is 6.22. The number of nitrogens with two attached hydrogens (primary N) is 1. The van der Waals surface area contributed by atoms with Crippen LogP contribution in [0.1, 0.15) is 20.3 Å². The van der Waals surface area contributed by atoms with E-state index in [2.05, 4.69) is 13.5 Å². The molecule has 0 aromatic carbocycles. The second kappa shape index (κ2) is 4.33. The van der Waals surface area contributed by atoms with Gasteiger partial charge in [0, 0.05) is 6.04 Å². The minimum atomic E-state index is 0.140. The highest BCUT2D eigenvalue weighted by atomic mass is 14.6. The second-order valence-electron chi connectivity index (χ2n) is 2.09. The van der Waals surface area contributed by atoms with Crippen LogP contribution in [0.25, 0.3) is 0 Å². The first-order chi connectivity index (χ1) is 4.22. The molecule has 0 amide bonds. The predicted molar refractivity (Wildman–Crippen MR) is 42.2 cm³/mol. The molecule has 1 heteroatoms. The van der Waals surface area contributed by atoms with E-state index in [-0.39, 0.29) is 6.04 Å². The summed E-state index contributed by atoms with van der Waals surface area (Å²) in [5.41, 5.74) is 6.67. The van der Waals surface area contributed by atoms with Gasteiger partial charge < -0.3 is 5.73 Å². The monoisotopic (exact) mass is 125 g/mol. The molecular weight excluding hydrogens is 110 g/mol. The summed E-state index contributed by atoms with van der Waals surface area (Å²) in [6.07, 6.45) is 4.87.